The molecule has 0 saturated carbocycles. The van der Waals surface area contributed by atoms with E-state index in [1.165, 1.54) is 0 Å². The fourth-order valence-corrected chi connectivity index (χ4v) is 1.38. The van der Waals surface area contributed by atoms with Crippen molar-refractivity contribution < 1.29 is 4.79 Å². The zero-order chi connectivity index (χ0) is 11.1. The topological polar surface area (TPSA) is 68.0 Å². The van der Waals surface area contributed by atoms with Gasteiger partial charge in [-0.05, 0) is 18.6 Å². The summed E-state index contributed by atoms with van der Waals surface area (Å²) in [5, 5.41) is 3.10. The van der Waals surface area contributed by atoms with Crippen molar-refractivity contribution in [2.75, 3.05) is 6.54 Å². The predicted octanol–water partition coefficient (Wildman–Crippen LogP) is 0.478. The smallest absolute Gasteiger partial charge is 0.231 e. The van der Waals surface area contributed by atoms with Crippen LogP contribution in [-0.2, 0) is 11.2 Å². The lowest BCUT2D eigenvalue weighted by molar-refractivity contribution is -0.117. The third-order valence-corrected chi connectivity index (χ3v) is 2.24. The van der Waals surface area contributed by atoms with Gasteiger partial charge in [0.1, 0.15) is 0 Å². The fraction of sp³-hybridized carbons (Fsp3) is 0.455. The summed E-state index contributed by atoms with van der Waals surface area (Å²) in [7, 11) is 0. The second-order valence-electron chi connectivity index (χ2n) is 3.48. The Hall–Kier alpha value is -1.42. The van der Waals surface area contributed by atoms with Crippen LogP contribution in [0.2, 0.25) is 0 Å². The average molecular weight is 207 g/mol. The van der Waals surface area contributed by atoms with E-state index in [1.807, 2.05) is 18.2 Å². The van der Waals surface area contributed by atoms with Crippen LogP contribution in [0.15, 0.2) is 24.4 Å². The van der Waals surface area contributed by atoms with Gasteiger partial charge in [0.05, 0.1) is 6.54 Å². The first-order chi connectivity index (χ1) is 7.22. The van der Waals surface area contributed by atoms with Crippen LogP contribution < -0.4 is 11.1 Å². The minimum Gasteiger partial charge on any atom is -0.369 e. The maximum Gasteiger partial charge on any atom is 0.231 e. The van der Waals surface area contributed by atoms with Crippen LogP contribution in [-0.4, -0.2) is 23.5 Å². The van der Waals surface area contributed by atoms with Crippen molar-refractivity contribution in [3.05, 3.63) is 30.1 Å². The zero-order valence-corrected chi connectivity index (χ0v) is 8.94. The number of hydrogen-bond acceptors (Lipinski definition) is 3. The minimum atomic E-state index is -0.325. The van der Waals surface area contributed by atoms with E-state index >= 15 is 0 Å². The molecule has 0 aliphatic carbocycles. The van der Waals surface area contributed by atoms with E-state index in [-0.39, 0.29) is 18.5 Å². The molecule has 0 spiro atoms. The molecule has 15 heavy (non-hydrogen) atoms. The van der Waals surface area contributed by atoms with Crippen LogP contribution in [0.25, 0.3) is 0 Å². The quantitative estimate of drug-likeness (QED) is 0.713. The predicted molar refractivity (Wildman–Crippen MR) is 59.2 cm³/mol. The van der Waals surface area contributed by atoms with Crippen LogP contribution in [0.1, 0.15) is 19.0 Å². The average Bonchev–Trinajstić information content (AvgIpc) is 2.25. The van der Waals surface area contributed by atoms with Crippen LogP contribution in [0.4, 0.5) is 0 Å². The highest BCUT2D eigenvalue weighted by Crippen LogP contribution is 2.01. The Morgan fingerprint density at radius 2 is 2.40 bits per heavy atom. The van der Waals surface area contributed by atoms with E-state index in [4.69, 9.17) is 5.73 Å². The Balaban J connectivity index is 2.43. The van der Waals surface area contributed by atoms with Crippen molar-refractivity contribution in [1.29, 1.82) is 0 Å². The Labute approximate surface area is 89.9 Å². The molecule has 4 nitrogen and oxygen atoms in total. The second kappa shape index (κ2) is 6.14. The Bertz CT molecular complexity index is 300. The summed E-state index contributed by atoms with van der Waals surface area (Å²) < 4.78 is 0. The second-order valence-corrected chi connectivity index (χ2v) is 3.48. The molecule has 1 atom stereocenters. The van der Waals surface area contributed by atoms with Gasteiger partial charge in [-0.3, -0.25) is 9.78 Å². The van der Waals surface area contributed by atoms with Crippen LogP contribution in [0.5, 0.6) is 0 Å². The van der Waals surface area contributed by atoms with Crippen molar-refractivity contribution in [3.8, 4) is 0 Å². The fourth-order valence-electron chi connectivity index (χ4n) is 1.38. The highest BCUT2D eigenvalue weighted by Gasteiger charge is 2.08. The number of amides is 1. The van der Waals surface area contributed by atoms with E-state index in [0.717, 1.165) is 18.5 Å². The number of aromatic nitrogens is 1. The van der Waals surface area contributed by atoms with Crippen LogP contribution in [0, 0.1) is 0 Å². The van der Waals surface area contributed by atoms with Gasteiger partial charge in [0.25, 0.3) is 0 Å². The standard InChI is InChI=1S/C11H17N3O/c1-2-9(14-8-11(12)15)7-10-5-3-4-6-13-10/h3-6,9,14H,2,7-8H2,1H3,(H2,12,15). The number of rotatable bonds is 6. The summed E-state index contributed by atoms with van der Waals surface area (Å²) in [4.78, 5) is 14.9. The molecule has 3 N–H and O–H groups in total. The number of hydrogen-bond donors (Lipinski definition) is 2. The summed E-state index contributed by atoms with van der Waals surface area (Å²) in [5.41, 5.74) is 6.10. The van der Waals surface area contributed by atoms with Crippen molar-refractivity contribution >= 4 is 5.91 Å². The van der Waals surface area contributed by atoms with Gasteiger partial charge < -0.3 is 11.1 Å². The van der Waals surface area contributed by atoms with Gasteiger partial charge in [0, 0.05) is 24.4 Å². The molecule has 0 fully saturated rings. The molecular weight excluding hydrogens is 190 g/mol. The highest BCUT2D eigenvalue weighted by atomic mass is 16.1. The first kappa shape index (κ1) is 11.7. The molecule has 0 aliphatic heterocycles. The zero-order valence-electron chi connectivity index (χ0n) is 8.94. The SMILES string of the molecule is CCC(Cc1ccccn1)NCC(N)=O. The van der Waals surface area contributed by atoms with Crippen molar-refractivity contribution in [3.63, 3.8) is 0 Å². The highest BCUT2D eigenvalue weighted by molar-refractivity contribution is 5.75. The Morgan fingerprint density at radius 1 is 1.60 bits per heavy atom. The third-order valence-electron chi connectivity index (χ3n) is 2.24. The van der Waals surface area contributed by atoms with E-state index in [9.17, 15) is 4.79 Å². The van der Waals surface area contributed by atoms with Crippen LogP contribution >= 0.6 is 0 Å². The molecule has 1 rings (SSSR count). The number of carbonyl (C=O) groups is 1. The maximum absolute atomic E-state index is 10.6. The van der Waals surface area contributed by atoms with Gasteiger partial charge in [-0.25, -0.2) is 0 Å². The summed E-state index contributed by atoms with van der Waals surface area (Å²) >= 11 is 0. The third kappa shape index (κ3) is 4.56. The molecule has 0 aliphatic rings. The van der Waals surface area contributed by atoms with Gasteiger partial charge >= 0.3 is 0 Å². The normalized spacial score (nSPS) is 12.3. The van der Waals surface area contributed by atoms with E-state index < -0.39 is 0 Å². The molecule has 1 unspecified atom stereocenters. The molecule has 0 aromatic carbocycles. The van der Waals surface area contributed by atoms with E-state index in [1.54, 1.807) is 6.20 Å². The summed E-state index contributed by atoms with van der Waals surface area (Å²) in [5.74, 6) is -0.325. The molecule has 1 aromatic rings. The summed E-state index contributed by atoms with van der Waals surface area (Å²) in [6.45, 7) is 2.30. The maximum atomic E-state index is 10.6. The number of nitrogens with two attached hydrogens (primary N) is 1. The van der Waals surface area contributed by atoms with Gasteiger partial charge in [-0.1, -0.05) is 13.0 Å². The lowest BCUT2D eigenvalue weighted by Gasteiger charge is -2.15. The first-order valence-corrected chi connectivity index (χ1v) is 5.14. The molecule has 0 saturated heterocycles. The number of nitrogens with zero attached hydrogens (tertiary/aromatic N) is 1. The number of primary amides is 1. The Morgan fingerprint density at radius 3 is 2.93 bits per heavy atom. The summed E-state index contributed by atoms with van der Waals surface area (Å²) in [6, 6.07) is 6.09. The van der Waals surface area contributed by atoms with Gasteiger partial charge in [-0.15, -0.1) is 0 Å². The van der Waals surface area contributed by atoms with Crippen molar-refractivity contribution in [2.24, 2.45) is 5.73 Å². The largest absolute Gasteiger partial charge is 0.369 e. The van der Waals surface area contributed by atoms with E-state index in [2.05, 4.69) is 17.2 Å². The summed E-state index contributed by atoms with van der Waals surface area (Å²) in [6.07, 6.45) is 3.55. The molecular formula is C11H17N3O. The van der Waals surface area contributed by atoms with Crippen molar-refractivity contribution in [1.82, 2.24) is 10.3 Å². The van der Waals surface area contributed by atoms with E-state index in [0.29, 0.717) is 0 Å². The van der Waals surface area contributed by atoms with Gasteiger partial charge in [0.15, 0.2) is 0 Å². The molecule has 4 heteroatoms. The van der Waals surface area contributed by atoms with Gasteiger partial charge in [-0.2, -0.15) is 0 Å². The number of carbonyl (C=O) groups excluding carboxylic acids is 1. The molecule has 1 amide bonds. The lowest BCUT2D eigenvalue weighted by Crippen LogP contribution is -2.37. The Kier molecular flexibility index (Phi) is 4.77. The molecule has 0 bridgehead atoms. The lowest BCUT2D eigenvalue weighted by atomic mass is 10.1. The van der Waals surface area contributed by atoms with Crippen molar-refractivity contribution in [2.45, 2.75) is 25.8 Å². The van der Waals surface area contributed by atoms with Gasteiger partial charge in [0.2, 0.25) is 5.91 Å². The molecule has 82 valence electrons. The number of pyridine rings is 1. The van der Waals surface area contributed by atoms with Crippen LogP contribution in [0.3, 0.4) is 0 Å². The monoisotopic (exact) mass is 207 g/mol. The molecule has 0 radical (unpaired) electrons. The minimum absolute atomic E-state index is 0.228. The first-order valence-electron chi connectivity index (χ1n) is 5.14. The molecule has 1 heterocycles. The molecule has 1 aromatic heterocycles. The number of nitrogens with one attached hydrogen (secondary N) is 1.